The normalized spacial score (nSPS) is 17.7. The van der Waals surface area contributed by atoms with Gasteiger partial charge in [-0.05, 0) is 68.7 Å². The molecule has 2 aromatic rings. The van der Waals surface area contributed by atoms with Crippen molar-refractivity contribution in [2.45, 2.75) is 37.7 Å². The van der Waals surface area contributed by atoms with Crippen LogP contribution in [0.25, 0.3) is 6.08 Å². The number of rotatable bonds is 6. The van der Waals surface area contributed by atoms with Crippen molar-refractivity contribution in [2.24, 2.45) is 0 Å². The third-order valence-corrected chi connectivity index (χ3v) is 5.75. The van der Waals surface area contributed by atoms with Gasteiger partial charge in [0.15, 0.2) is 17.3 Å². The fourth-order valence-corrected chi connectivity index (χ4v) is 3.99. The molecule has 2 aromatic carbocycles. The molecule has 0 atom stereocenters. The highest BCUT2D eigenvalue weighted by atomic mass is 16.5. The van der Waals surface area contributed by atoms with Gasteiger partial charge in [0.1, 0.15) is 17.1 Å². The van der Waals surface area contributed by atoms with Gasteiger partial charge in [-0.25, -0.2) is 0 Å². The highest BCUT2D eigenvalue weighted by Crippen LogP contribution is 2.53. The van der Waals surface area contributed by atoms with Crippen LogP contribution >= 0.6 is 0 Å². The highest BCUT2D eigenvalue weighted by molar-refractivity contribution is 6.09. The Morgan fingerprint density at radius 2 is 1.69 bits per heavy atom. The fraction of sp³-hybridized carbons (Fsp3) is 0.375. The van der Waals surface area contributed by atoms with Crippen LogP contribution in [0.1, 0.15) is 48.2 Å². The highest BCUT2D eigenvalue weighted by Gasteiger charge is 2.52. The largest absolute Gasteiger partial charge is 0.495 e. The number of carbonyl (C=O) groups is 1. The number of ketones is 1. The van der Waals surface area contributed by atoms with Crippen LogP contribution < -0.4 is 18.9 Å². The lowest BCUT2D eigenvalue weighted by atomic mass is 9.85. The van der Waals surface area contributed by atoms with E-state index in [-0.39, 0.29) is 11.4 Å². The first-order valence-electron chi connectivity index (χ1n) is 9.72. The van der Waals surface area contributed by atoms with E-state index in [1.807, 2.05) is 56.3 Å². The molecule has 2 aliphatic rings. The van der Waals surface area contributed by atoms with Gasteiger partial charge in [-0.1, -0.05) is 6.07 Å². The Kier molecular flexibility index (Phi) is 4.56. The molecule has 4 rings (SSSR count). The maximum atomic E-state index is 13.7. The van der Waals surface area contributed by atoms with Gasteiger partial charge in [0.05, 0.1) is 37.9 Å². The lowest BCUT2D eigenvalue weighted by Gasteiger charge is -2.29. The van der Waals surface area contributed by atoms with Gasteiger partial charge in [-0.3, -0.25) is 4.79 Å². The molecule has 1 heterocycles. The summed E-state index contributed by atoms with van der Waals surface area (Å²) in [5.74, 6) is 2.62. The molecular weight excluding hydrogens is 368 g/mol. The zero-order valence-electron chi connectivity index (χ0n) is 17.5. The Labute approximate surface area is 171 Å². The number of Topliss-reactive ketones (excluding diaryl/α,β-unsaturated/α-hetero) is 1. The first kappa shape index (κ1) is 19.4. The van der Waals surface area contributed by atoms with Crippen LogP contribution in [0.3, 0.4) is 0 Å². The summed E-state index contributed by atoms with van der Waals surface area (Å²) in [4.78, 5) is 13.7. The first-order chi connectivity index (χ1) is 13.8. The van der Waals surface area contributed by atoms with Gasteiger partial charge in [0.25, 0.3) is 0 Å². The number of ether oxygens (including phenoxy) is 4. The van der Waals surface area contributed by atoms with Crippen molar-refractivity contribution < 1.29 is 23.7 Å². The van der Waals surface area contributed by atoms with Crippen molar-refractivity contribution in [3.8, 4) is 23.0 Å². The second kappa shape index (κ2) is 6.83. The number of hydrogen-bond acceptors (Lipinski definition) is 5. The smallest absolute Gasteiger partial charge is 0.177 e. The maximum absolute atomic E-state index is 13.7. The van der Waals surface area contributed by atoms with E-state index in [4.69, 9.17) is 18.9 Å². The summed E-state index contributed by atoms with van der Waals surface area (Å²) in [7, 11) is 4.80. The van der Waals surface area contributed by atoms with Gasteiger partial charge in [0, 0.05) is 0 Å². The molecule has 1 aliphatic carbocycles. The van der Waals surface area contributed by atoms with Crippen LogP contribution in [0.5, 0.6) is 23.0 Å². The number of carbonyl (C=O) groups excluding carboxylic acids is 1. The van der Waals surface area contributed by atoms with E-state index >= 15 is 0 Å². The minimum Gasteiger partial charge on any atom is -0.495 e. The summed E-state index contributed by atoms with van der Waals surface area (Å²) in [6, 6.07) is 9.38. The summed E-state index contributed by atoms with van der Waals surface area (Å²) >= 11 is 0. The van der Waals surface area contributed by atoms with E-state index in [0.717, 1.165) is 29.7 Å². The van der Waals surface area contributed by atoms with Crippen molar-refractivity contribution >= 4 is 11.9 Å². The fourth-order valence-electron chi connectivity index (χ4n) is 3.99. The summed E-state index contributed by atoms with van der Waals surface area (Å²) in [6.45, 7) is 3.99. The third-order valence-electron chi connectivity index (χ3n) is 5.75. The lowest BCUT2D eigenvalue weighted by Crippen LogP contribution is -2.28. The van der Waals surface area contributed by atoms with E-state index in [2.05, 4.69) is 0 Å². The molecule has 0 unspecified atom stereocenters. The molecule has 0 aromatic heterocycles. The van der Waals surface area contributed by atoms with Crippen LogP contribution in [0, 0.1) is 0 Å². The molecule has 0 amide bonds. The topological polar surface area (TPSA) is 54.0 Å². The zero-order chi connectivity index (χ0) is 20.8. The Balaban J connectivity index is 1.76. The predicted octanol–water partition coefficient (Wildman–Crippen LogP) is 4.81. The molecule has 0 spiro atoms. The number of benzene rings is 2. The van der Waals surface area contributed by atoms with Crippen molar-refractivity contribution in [2.75, 3.05) is 21.3 Å². The monoisotopic (exact) mass is 394 g/mol. The number of hydrogen-bond donors (Lipinski definition) is 0. The Morgan fingerprint density at radius 3 is 2.31 bits per heavy atom. The van der Waals surface area contributed by atoms with E-state index in [9.17, 15) is 4.79 Å². The average Bonchev–Trinajstić information content (AvgIpc) is 3.53. The van der Waals surface area contributed by atoms with Gasteiger partial charge >= 0.3 is 0 Å². The zero-order valence-corrected chi connectivity index (χ0v) is 17.5. The number of methoxy groups -OCH3 is 3. The van der Waals surface area contributed by atoms with Crippen molar-refractivity contribution in [1.29, 1.82) is 0 Å². The molecule has 0 saturated heterocycles. The van der Waals surface area contributed by atoms with E-state index in [0.29, 0.717) is 22.8 Å². The van der Waals surface area contributed by atoms with Crippen LogP contribution in [0.4, 0.5) is 0 Å². The minimum absolute atomic E-state index is 0.0580. The molecule has 1 aliphatic heterocycles. The summed E-state index contributed by atoms with van der Waals surface area (Å²) in [5.41, 5.74) is 1.38. The minimum atomic E-state index is -0.556. The molecule has 29 heavy (non-hydrogen) atoms. The van der Waals surface area contributed by atoms with E-state index in [1.165, 1.54) is 0 Å². The molecule has 0 bridgehead atoms. The van der Waals surface area contributed by atoms with Crippen molar-refractivity contribution in [1.82, 2.24) is 0 Å². The Bertz CT molecular complexity index is 999. The molecule has 0 radical (unpaired) electrons. The van der Waals surface area contributed by atoms with Gasteiger partial charge in [-0.15, -0.1) is 0 Å². The maximum Gasteiger partial charge on any atom is 0.177 e. The molecule has 1 fully saturated rings. The van der Waals surface area contributed by atoms with Crippen LogP contribution in [-0.2, 0) is 5.41 Å². The standard InChI is InChI=1S/C24H26O5/c1-23(2)11-10-16-18(29-23)9-7-17(21(16)28-5)22(25)24(12-13-24)15-6-8-19(26-3)20(14-15)27-4/h6-11,14H,12-13H2,1-5H3. The van der Waals surface area contributed by atoms with Gasteiger partial charge in [0.2, 0.25) is 0 Å². The summed E-state index contributed by atoms with van der Waals surface area (Å²) < 4.78 is 22.5. The number of fused-ring (bicyclic) bond motifs is 1. The predicted molar refractivity (Wildman–Crippen MR) is 112 cm³/mol. The van der Waals surface area contributed by atoms with Gasteiger partial charge < -0.3 is 18.9 Å². The van der Waals surface area contributed by atoms with E-state index < -0.39 is 5.41 Å². The second-order valence-electron chi connectivity index (χ2n) is 8.08. The lowest BCUT2D eigenvalue weighted by molar-refractivity contribution is 0.0942. The van der Waals surface area contributed by atoms with Crippen molar-refractivity contribution in [3.05, 3.63) is 53.1 Å². The Morgan fingerprint density at radius 1 is 0.966 bits per heavy atom. The summed E-state index contributed by atoms with van der Waals surface area (Å²) in [5, 5.41) is 0. The van der Waals surface area contributed by atoms with Crippen molar-refractivity contribution in [3.63, 3.8) is 0 Å². The molecular formula is C24H26O5. The molecule has 152 valence electrons. The molecule has 0 N–H and O–H groups in total. The average molecular weight is 394 g/mol. The molecule has 5 heteroatoms. The van der Waals surface area contributed by atoms with Crippen LogP contribution in [0.2, 0.25) is 0 Å². The second-order valence-corrected chi connectivity index (χ2v) is 8.08. The first-order valence-corrected chi connectivity index (χ1v) is 9.72. The van der Waals surface area contributed by atoms with Crippen LogP contribution in [0.15, 0.2) is 36.4 Å². The third kappa shape index (κ3) is 3.15. The Hall–Kier alpha value is -2.95. The van der Waals surface area contributed by atoms with E-state index in [1.54, 1.807) is 21.3 Å². The summed E-state index contributed by atoms with van der Waals surface area (Å²) in [6.07, 6.45) is 5.54. The molecule has 1 saturated carbocycles. The van der Waals surface area contributed by atoms with Gasteiger partial charge in [-0.2, -0.15) is 0 Å². The molecule has 5 nitrogen and oxygen atoms in total. The quantitative estimate of drug-likeness (QED) is 0.658. The van der Waals surface area contributed by atoms with Crippen LogP contribution in [-0.4, -0.2) is 32.7 Å². The SMILES string of the molecule is COc1ccc(C2(C(=O)c3ccc4c(c3OC)C=CC(C)(C)O4)CC2)cc1OC.